The molecule has 2 aromatic carbocycles. The fourth-order valence-corrected chi connectivity index (χ4v) is 2.23. The van der Waals surface area contributed by atoms with Crippen LogP contribution >= 0.6 is 23.2 Å². The van der Waals surface area contributed by atoms with E-state index in [1.54, 1.807) is 0 Å². The summed E-state index contributed by atoms with van der Waals surface area (Å²) in [6, 6.07) is 4.27. The molecule has 0 aliphatic heterocycles. The molecule has 9 heteroatoms. The van der Waals surface area contributed by atoms with Crippen molar-refractivity contribution in [3.8, 4) is 5.75 Å². The summed E-state index contributed by atoms with van der Waals surface area (Å²) >= 11 is 11.5. The molecule has 0 saturated carbocycles. The summed E-state index contributed by atoms with van der Waals surface area (Å²) in [6.45, 7) is -0.456. The Morgan fingerprint density at radius 3 is 2.62 bits per heavy atom. The van der Waals surface area contributed by atoms with Gasteiger partial charge in [-0.2, -0.15) is 0 Å². The third-order valence-electron chi connectivity index (χ3n) is 2.83. The molecule has 0 radical (unpaired) electrons. The second-order valence-corrected chi connectivity index (χ2v) is 5.41. The van der Waals surface area contributed by atoms with E-state index in [1.165, 1.54) is 12.1 Å². The van der Waals surface area contributed by atoms with E-state index < -0.39 is 35.6 Å². The number of hydrogen-bond donors (Lipinski definition) is 2. The van der Waals surface area contributed by atoms with Gasteiger partial charge in [0.15, 0.2) is 17.5 Å². The molecule has 2 rings (SSSR count). The van der Waals surface area contributed by atoms with Gasteiger partial charge in [-0.05, 0) is 24.3 Å². The molecule has 2 aromatic rings. The lowest BCUT2D eigenvalue weighted by atomic mass is 10.2. The highest BCUT2D eigenvalue weighted by molar-refractivity contribution is 6.36. The number of anilines is 1. The Labute approximate surface area is 144 Å². The number of hydrogen-bond acceptors (Lipinski definition) is 3. The van der Waals surface area contributed by atoms with Gasteiger partial charge in [0.2, 0.25) is 5.91 Å². The number of phenolic OH excluding ortho intramolecular Hbond substituents is 1. The molecule has 24 heavy (non-hydrogen) atoms. The van der Waals surface area contributed by atoms with E-state index in [0.29, 0.717) is 6.07 Å². The summed E-state index contributed by atoms with van der Waals surface area (Å²) in [5.41, 5.74) is -0.331. The molecule has 0 fully saturated rings. The number of carbonyl (C=O) groups is 1. The Bertz CT molecular complexity index is 829. The van der Waals surface area contributed by atoms with Gasteiger partial charge < -0.3 is 10.4 Å². The van der Waals surface area contributed by atoms with Gasteiger partial charge in [0.05, 0.1) is 10.7 Å². The van der Waals surface area contributed by atoms with Crippen molar-refractivity contribution in [2.45, 2.75) is 0 Å². The highest BCUT2D eigenvalue weighted by Gasteiger charge is 2.15. The number of nitrogens with one attached hydrogen (secondary N) is 1. The number of rotatable bonds is 4. The topological polar surface area (TPSA) is 61.7 Å². The maximum atomic E-state index is 13.4. The second-order valence-electron chi connectivity index (χ2n) is 4.57. The van der Waals surface area contributed by atoms with Crippen molar-refractivity contribution < 1.29 is 23.1 Å². The van der Waals surface area contributed by atoms with Crippen LogP contribution in [-0.4, -0.2) is 23.8 Å². The van der Waals surface area contributed by atoms with Crippen molar-refractivity contribution in [1.82, 2.24) is 0 Å². The Morgan fingerprint density at radius 1 is 1.21 bits per heavy atom. The average molecular weight is 377 g/mol. The lowest BCUT2D eigenvalue weighted by Crippen LogP contribution is -2.16. The van der Waals surface area contributed by atoms with Crippen molar-refractivity contribution in [2.24, 2.45) is 4.99 Å². The zero-order chi connectivity index (χ0) is 17.9. The first-order valence-corrected chi connectivity index (χ1v) is 7.16. The average Bonchev–Trinajstić information content (AvgIpc) is 2.52. The third-order valence-corrected chi connectivity index (χ3v) is 3.34. The first-order chi connectivity index (χ1) is 11.3. The van der Waals surface area contributed by atoms with Crippen LogP contribution in [0.25, 0.3) is 0 Å². The Kier molecular flexibility index (Phi) is 5.69. The molecule has 0 unspecified atom stereocenters. The molecule has 0 bridgehead atoms. The second kappa shape index (κ2) is 7.55. The van der Waals surface area contributed by atoms with Gasteiger partial charge in [0.25, 0.3) is 0 Å². The molecule has 0 aromatic heterocycles. The third kappa shape index (κ3) is 4.18. The minimum Gasteiger partial charge on any atom is -0.506 e. The van der Waals surface area contributed by atoms with Gasteiger partial charge in [-0.1, -0.05) is 23.2 Å². The number of aliphatic imine (C=N–C) groups is 1. The smallest absolute Gasteiger partial charge is 0.246 e. The molecule has 2 N–H and O–H groups in total. The van der Waals surface area contributed by atoms with Crippen molar-refractivity contribution >= 4 is 41.0 Å². The van der Waals surface area contributed by atoms with Gasteiger partial charge in [-0.3, -0.25) is 9.79 Å². The number of phenols is 1. The molecule has 4 nitrogen and oxygen atoms in total. The monoisotopic (exact) mass is 376 g/mol. The van der Waals surface area contributed by atoms with Gasteiger partial charge in [0, 0.05) is 16.8 Å². The lowest BCUT2D eigenvalue weighted by Gasteiger charge is -2.06. The minimum atomic E-state index is -1.69. The van der Waals surface area contributed by atoms with Crippen molar-refractivity contribution in [2.75, 3.05) is 11.9 Å². The van der Waals surface area contributed by atoms with Gasteiger partial charge in [0.1, 0.15) is 12.3 Å². The fourth-order valence-electron chi connectivity index (χ4n) is 1.72. The summed E-state index contributed by atoms with van der Waals surface area (Å²) in [4.78, 5) is 15.4. The van der Waals surface area contributed by atoms with E-state index in [1.807, 2.05) is 0 Å². The molecule has 1 amide bonds. The zero-order valence-corrected chi connectivity index (χ0v) is 13.3. The summed E-state index contributed by atoms with van der Waals surface area (Å²) in [5.74, 6) is -5.60. The quantitative estimate of drug-likeness (QED) is 0.621. The molecule has 0 aliphatic carbocycles. The predicted molar refractivity (Wildman–Crippen MR) is 85.5 cm³/mol. The lowest BCUT2D eigenvalue weighted by molar-refractivity contribution is -0.114. The van der Waals surface area contributed by atoms with E-state index in [4.69, 9.17) is 23.2 Å². The number of nitrogens with zero attached hydrogens (tertiary/aromatic N) is 1. The summed E-state index contributed by atoms with van der Waals surface area (Å²) in [5, 5.41) is 12.0. The minimum absolute atomic E-state index is 0.0114. The molecular weight excluding hydrogens is 368 g/mol. The van der Waals surface area contributed by atoms with Crippen LogP contribution in [0.3, 0.4) is 0 Å². The van der Waals surface area contributed by atoms with Crippen LogP contribution in [0, 0.1) is 17.5 Å². The van der Waals surface area contributed by atoms with E-state index in [0.717, 1.165) is 12.3 Å². The SMILES string of the molecule is O=C(CN=Cc1cc(Cl)cc(Cl)c1O)Nc1ccc(F)c(F)c1F. The zero-order valence-electron chi connectivity index (χ0n) is 11.8. The highest BCUT2D eigenvalue weighted by Crippen LogP contribution is 2.30. The van der Waals surface area contributed by atoms with Crippen LogP contribution in [0.15, 0.2) is 29.3 Å². The maximum Gasteiger partial charge on any atom is 0.246 e. The number of amides is 1. The van der Waals surface area contributed by atoms with Gasteiger partial charge in [-0.25, -0.2) is 13.2 Å². The van der Waals surface area contributed by atoms with Crippen LogP contribution in [-0.2, 0) is 4.79 Å². The van der Waals surface area contributed by atoms with E-state index in [2.05, 4.69) is 10.3 Å². The Balaban J connectivity index is 2.05. The van der Waals surface area contributed by atoms with Gasteiger partial charge in [-0.15, -0.1) is 0 Å². The van der Waals surface area contributed by atoms with Crippen LogP contribution in [0.2, 0.25) is 10.0 Å². The van der Waals surface area contributed by atoms with Gasteiger partial charge >= 0.3 is 0 Å². The molecule has 0 spiro atoms. The van der Waals surface area contributed by atoms with E-state index in [-0.39, 0.29) is 21.4 Å². The number of aromatic hydroxyl groups is 1. The number of benzene rings is 2. The highest BCUT2D eigenvalue weighted by atomic mass is 35.5. The Morgan fingerprint density at radius 2 is 1.92 bits per heavy atom. The summed E-state index contributed by atoms with van der Waals surface area (Å²) in [6.07, 6.45) is 1.15. The van der Waals surface area contributed by atoms with Crippen LogP contribution < -0.4 is 5.32 Å². The standard InChI is InChI=1S/C15H9Cl2F3N2O2/c16-8-3-7(15(24)9(17)4-8)5-21-6-12(23)22-11-2-1-10(18)13(19)14(11)20/h1-5,24H,6H2,(H,22,23). The van der Waals surface area contributed by atoms with Crippen molar-refractivity contribution in [3.63, 3.8) is 0 Å². The number of carbonyl (C=O) groups excluding carboxylic acids is 1. The Hall–Kier alpha value is -2.25. The van der Waals surface area contributed by atoms with E-state index in [9.17, 15) is 23.1 Å². The molecule has 126 valence electrons. The first kappa shape index (κ1) is 18.1. The van der Waals surface area contributed by atoms with Crippen LogP contribution in [0.1, 0.15) is 5.56 Å². The molecule has 0 aliphatic rings. The molecule has 0 atom stereocenters. The summed E-state index contributed by atoms with van der Waals surface area (Å²) < 4.78 is 39.3. The molecular formula is C15H9Cl2F3N2O2. The van der Waals surface area contributed by atoms with Crippen molar-refractivity contribution in [3.05, 3.63) is 57.3 Å². The van der Waals surface area contributed by atoms with Crippen LogP contribution in [0.5, 0.6) is 5.75 Å². The number of halogens is 5. The molecule has 0 heterocycles. The van der Waals surface area contributed by atoms with Crippen LogP contribution in [0.4, 0.5) is 18.9 Å². The molecule has 0 saturated heterocycles. The fraction of sp³-hybridized carbons (Fsp3) is 0.0667. The maximum absolute atomic E-state index is 13.4. The largest absolute Gasteiger partial charge is 0.506 e. The predicted octanol–water partition coefficient (Wildman–Crippen LogP) is 4.17. The first-order valence-electron chi connectivity index (χ1n) is 6.40. The normalized spacial score (nSPS) is 11.0. The summed E-state index contributed by atoms with van der Waals surface area (Å²) in [7, 11) is 0. The van der Waals surface area contributed by atoms with E-state index >= 15 is 0 Å². The van der Waals surface area contributed by atoms with Crippen molar-refractivity contribution in [1.29, 1.82) is 0 Å².